The lowest BCUT2D eigenvalue weighted by atomic mass is 10.1. The average molecular weight is 538 g/mol. The number of rotatable bonds is 10. The fraction of sp³-hybridized carbons (Fsp3) is 0.250. The lowest BCUT2D eigenvalue weighted by Crippen LogP contribution is -2.15. The van der Waals surface area contributed by atoms with Crippen LogP contribution < -0.4 is 5.32 Å². The largest absolute Gasteiger partial charge is 0.426 e. The first-order valence-electron chi connectivity index (χ1n) is 10.9. The van der Waals surface area contributed by atoms with E-state index in [9.17, 15) is 22.6 Å². The molecule has 2 aromatic heterocycles. The highest BCUT2D eigenvalue weighted by molar-refractivity contribution is 7.52. The minimum atomic E-state index is -4.51. The van der Waals surface area contributed by atoms with Gasteiger partial charge in [-0.3, -0.25) is 4.57 Å². The SMILES string of the molecule is COP(=O)(O)CCCNCc1ccc(-c2noc(-c3cc(-c4ccccc4)c(C(F)(F)F)s3)n2)cc1. The minimum absolute atomic E-state index is 0.0191. The lowest BCUT2D eigenvalue weighted by Gasteiger charge is -2.09. The molecule has 1 atom stereocenters. The number of aromatic nitrogens is 2. The van der Waals surface area contributed by atoms with Gasteiger partial charge in [-0.1, -0.05) is 59.8 Å². The van der Waals surface area contributed by atoms with Gasteiger partial charge >= 0.3 is 13.8 Å². The normalized spacial score (nSPS) is 13.6. The molecule has 0 fully saturated rings. The molecule has 0 spiro atoms. The van der Waals surface area contributed by atoms with Gasteiger partial charge in [-0.2, -0.15) is 18.2 Å². The standard InChI is InChI=1S/C24H23F3N3O4PS/c1-33-35(31,32)13-5-12-28-15-16-8-10-18(11-9-16)22-29-23(34-30-22)20-14-19(17-6-3-2-4-7-17)21(36-20)24(25,26)27/h2-4,6-11,14,28H,5,12-13,15H2,1H3,(H,31,32). The van der Waals surface area contributed by atoms with Crippen molar-refractivity contribution in [2.75, 3.05) is 19.8 Å². The number of alkyl halides is 3. The van der Waals surface area contributed by atoms with E-state index in [0.29, 0.717) is 42.0 Å². The smallest absolute Gasteiger partial charge is 0.333 e. The zero-order valence-corrected chi connectivity index (χ0v) is 20.9. The summed E-state index contributed by atoms with van der Waals surface area (Å²) in [4.78, 5) is 13.2. The molecule has 2 heterocycles. The van der Waals surface area contributed by atoms with Crippen molar-refractivity contribution in [2.45, 2.75) is 19.1 Å². The second-order valence-electron chi connectivity index (χ2n) is 7.91. The van der Waals surface area contributed by atoms with Crippen LogP contribution in [0, 0.1) is 0 Å². The van der Waals surface area contributed by atoms with Crippen LogP contribution in [0.1, 0.15) is 16.9 Å². The van der Waals surface area contributed by atoms with Gasteiger partial charge in [0.15, 0.2) is 0 Å². The van der Waals surface area contributed by atoms with Crippen LogP contribution in [0.15, 0.2) is 65.2 Å². The van der Waals surface area contributed by atoms with Crippen molar-refractivity contribution in [3.05, 3.63) is 71.1 Å². The Labute approximate surface area is 209 Å². The first-order chi connectivity index (χ1) is 17.2. The molecule has 0 amide bonds. The monoisotopic (exact) mass is 537 g/mol. The van der Waals surface area contributed by atoms with Crippen LogP contribution in [0.2, 0.25) is 0 Å². The molecule has 1 unspecified atom stereocenters. The predicted octanol–water partition coefficient (Wildman–Crippen LogP) is 6.46. The molecular formula is C24H23F3N3O4PS. The Balaban J connectivity index is 1.44. The zero-order chi connectivity index (χ0) is 25.8. The molecule has 12 heteroatoms. The number of hydrogen-bond donors (Lipinski definition) is 2. The number of benzene rings is 2. The highest BCUT2D eigenvalue weighted by Gasteiger charge is 2.37. The van der Waals surface area contributed by atoms with Gasteiger partial charge in [0.2, 0.25) is 5.82 Å². The summed E-state index contributed by atoms with van der Waals surface area (Å²) in [5.74, 6) is 0.289. The van der Waals surface area contributed by atoms with Gasteiger partial charge in [0.25, 0.3) is 5.89 Å². The van der Waals surface area contributed by atoms with Crippen molar-refractivity contribution in [2.24, 2.45) is 0 Å². The van der Waals surface area contributed by atoms with Crippen LogP contribution in [0.25, 0.3) is 33.3 Å². The molecule has 0 saturated carbocycles. The third-order valence-electron chi connectivity index (χ3n) is 5.33. The molecule has 36 heavy (non-hydrogen) atoms. The number of nitrogens with one attached hydrogen (secondary N) is 1. The van der Waals surface area contributed by atoms with Crippen LogP contribution in [-0.2, 0) is 21.8 Å². The molecule has 4 aromatic rings. The predicted molar refractivity (Wildman–Crippen MR) is 132 cm³/mol. The third kappa shape index (κ3) is 6.48. The first kappa shape index (κ1) is 26.2. The van der Waals surface area contributed by atoms with E-state index in [1.54, 1.807) is 42.5 Å². The zero-order valence-electron chi connectivity index (χ0n) is 19.2. The summed E-state index contributed by atoms with van der Waals surface area (Å²) in [7, 11) is -2.28. The Kier molecular flexibility index (Phi) is 8.07. The second-order valence-corrected chi connectivity index (χ2v) is 11.1. The number of thiophene rings is 1. The number of hydrogen-bond acceptors (Lipinski definition) is 7. The molecule has 190 valence electrons. The van der Waals surface area contributed by atoms with Gasteiger partial charge in [0, 0.05) is 24.8 Å². The van der Waals surface area contributed by atoms with E-state index < -0.39 is 18.6 Å². The van der Waals surface area contributed by atoms with E-state index in [-0.39, 0.29) is 28.3 Å². The van der Waals surface area contributed by atoms with Gasteiger partial charge in [-0.15, -0.1) is 11.3 Å². The highest BCUT2D eigenvalue weighted by atomic mass is 32.1. The summed E-state index contributed by atoms with van der Waals surface area (Å²) < 4.78 is 62.3. The topological polar surface area (TPSA) is 97.5 Å². The van der Waals surface area contributed by atoms with Gasteiger partial charge in [0.05, 0.1) is 11.0 Å². The maximum absolute atomic E-state index is 13.7. The van der Waals surface area contributed by atoms with Gasteiger partial charge in [-0.05, 0) is 30.2 Å². The molecule has 2 N–H and O–H groups in total. The molecule has 0 aliphatic heterocycles. The minimum Gasteiger partial charge on any atom is -0.333 e. The summed E-state index contributed by atoms with van der Waals surface area (Å²) in [6.45, 7) is 1.10. The molecule has 0 saturated heterocycles. The molecule has 7 nitrogen and oxygen atoms in total. The maximum Gasteiger partial charge on any atom is 0.426 e. The second kappa shape index (κ2) is 11.1. The van der Waals surface area contributed by atoms with E-state index in [4.69, 9.17) is 4.52 Å². The summed E-state index contributed by atoms with van der Waals surface area (Å²) in [6, 6.07) is 17.1. The van der Waals surface area contributed by atoms with E-state index in [1.807, 2.05) is 12.1 Å². The van der Waals surface area contributed by atoms with Crippen molar-refractivity contribution in [1.29, 1.82) is 0 Å². The molecule has 2 aromatic carbocycles. The molecule has 0 aliphatic carbocycles. The highest BCUT2D eigenvalue weighted by Crippen LogP contribution is 2.45. The number of halogens is 3. The Morgan fingerprint density at radius 3 is 2.50 bits per heavy atom. The molecule has 4 rings (SSSR count). The fourth-order valence-corrected chi connectivity index (χ4v) is 5.19. The molecular weight excluding hydrogens is 514 g/mol. The van der Waals surface area contributed by atoms with E-state index in [1.165, 1.54) is 13.2 Å². The Morgan fingerprint density at radius 2 is 1.83 bits per heavy atom. The van der Waals surface area contributed by atoms with Crippen molar-refractivity contribution in [3.63, 3.8) is 0 Å². The van der Waals surface area contributed by atoms with E-state index >= 15 is 0 Å². The quantitative estimate of drug-likeness (QED) is 0.177. The summed E-state index contributed by atoms with van der Waals surface area (Å²) in [5.41, 5.74) is 2.16. The third-order valence-corrected chi connectivity index (χ3v) is 7.95. The van der Waals surface area contributed by atoms with Gasteiger partial charge in [-0.25, -0.2) is 0 Å². The van der Waals surface area contributed by atoms with Crippen LogP contribution >= 0.6 is 18.9 Å². The van der Waals surface area contributed by atoms with Gasteiger partial charge in [0.1, 0.15) is 4.88 Å². The van der Waals surface area contributed by atoms with Crippen LogP contribution in [0.3, 0.4) is 0 Å². The van der Waals surface area contributed by atoms with Crippen LogP contribution in [-0.4, -0.2) is 34.9 Å². The summed E-state index contributed by atoms with van der Waals surface area (Å²) >= 11 is 0.571. The van der Waals surface area contributed by atoms with Crippen molar-refractivity contribution in [3.8, 4) is 33.3 Å². The van der Waals surface area contributed by atoms with Crippen molar-refractivity contribution >= 4 is 18.9 Å². The average Bonchev–Trinajstić information content (AvgIpc) is 3.53. The molecule has 0 radical (unpaired) electrons. The Hall–Kier alpha value is -2.82. The van der Waals surface area contributed by atoms with Crippen molar-refractivity contribution < 1.29 is 31.7 Å². The Bertz CT molecular complexity index is 1340. The van der Waals surface area contributed by atoms with E-state index in [0.717, 1.165) is 5.56 Å². The van der Waals surface area contributed by atoms with Crippen LogP contribution in [0.5, 0.6) is 0 Å². The first-order valence-corrected chi connectivity index (χ1v) is 13.5. The fourth-order valence-electron chi connectivity index (χ4n) is 3.48. The summed E-state index contributed by atoms with van der Waals surface area (Å²) in [6.07, 6.45) is -3.93. The van der Waals surface area contributed by atoms with E-state index in [2.05, 4.69) is 20.0 Å². The Morgan fingerprint density at radius 1 is 1.11 bits per heavy atom. The van der Waals surface area contributed by atoms with Gasteiger partial charge < -0.3 is 19.3 Å². The maximum atomic E-state index is 13.7. The molecule has 0 aliphatic rings. The van der Waals surface area contributed by atoms with Crippen LogP contribution in [0.4, 0.5) is 13.2 Å². The molecule has 0 bridgehead atoms. The summed E-state index contributed by atoms with van der Waals surface area (Å²) in [5, 5.41) is 7.13. The van der Waals surface area contributed by atoms with Crippen molar-refractivity contribution in [1.82, 2.24) is 15.5 Å². The lowest BCUT2D eigenvalue weighted by molar-refractivity contribution is -0.133. The number of nitrogens with zero attached hydrogens (tertiary/aromatic N) is 2.